The van der Waals surface area contributed by atoms with Gasteiger partial charge in [-0.05, 0) is 25.2 Å². The van der Waals surface area contributed by atoms with Crippen LogP contribution < -0.4 is 0 Å². The van der Waals surface area contributed by atoms with Crippen LogP contribution in [0, 0.1) is 10.8 Å². The average molecular weight is 152 g/mol. The van der Waals surface area contributed by atoms with Crippen molar-refractivity contribution in [2.24, 2.45) is 10.8 Å². The second-order valence-corrected chi connectivity index (χ2v) is 4.47. The lowest BCUT2D eigenvalue weighted by Gasteiger charge is -2.12. The highest BCUT2D eigenvalue weighted by Crippen LogP contribution is 2.64. The fourth-order valence-corrected chi connectivity index (χ4v) is 1.83. The zero-order valence-electron chi connectivity index (χ0n) is 7.61. The number of carbonyl (C=O) groups excluding carboxylic acids is 1. The van der Waals surface area contributed by atoms with E-state index in [1.165, 1.54) is 0 Å². The van der Waals surface area contributed by atoms with E-state index >= 15 is 0 Å². The maximum atomic E-state index is 10.8. The van der Waals surface area contributed by atoms with E-state index in [1.54, 1.807) is 0 Å². The Balaban J connectivity index is 2.68. The van der Waals surface area contributed by atoms with Gasteiger partial charge >= 0.3 is 0 Å². The minimum Gasteiger partial charge on any atom is -0.303 e. The van der Waals surface area contributed by atoms with Gasteiger partial charge in [0, 0.05) is 5.41 Å². The summed E-state index contributed by atoms with van der Waals surface area (Å²) < 4.78 is 0. The lowest BCUT2D eigenvalue weighted by molar-refractivity contribution is -0.113. The van der Waals surface area contributed by atoms with Crippen LogP contribution in [0.4, 0.5) is 0 Å². The fraction of sp³-hybridized carbons (Fsp3) is 0.700. The SMILES string of the molecule is C=C(C)CC1(C=O)CC1(C)C. The number of rotatable bonds is 3. The second-order valence-electron chi connectivity index (χ2n) is 4.47. The highest BCUT2D eigenvalue weighted by molar-refractivity contribution is 5.67. The minimum absolute atomic E-state index is 0.0706. The van der Waals surface area contributed by atoms with Gasteiger partial charge in [-0.2, -0.15) is 0 Å². The molecule has 0 saturated heterocycles. The maximum absolute atomic E-state index is 10.8. The van der Waals surface area contributed by atoms with Crippen molar-refractivity contribution in [3.05, 3.63) is 12.2 Å². The van der Waals surface area contributed by atoms with E-state index in [4.69, 9.17) is 0 Å². The van der Waals surface area contributed by atoms with Crippen molar-refractivity contribution in [3.63, 3.8) is 0 Å². The maximum Gasteiger partial charge on any atom is 0.127 e. The van der Waals surface area contributed by atoms with Crippen LogP contribution in [-0.2, 0) is 4.79 Å². The fourth-order valence-electron chi connectivity index (χ4n) is 1.83. The molecule has 1 nitrogen and oxygen atoms in total. The van der Waals surface area contributed by atoms with Crippen LogP contribution >= 0.6 is 0 Å². The number of hydrogen-bond donors (Lipinski definition) is 0. The normalized spacial score (nSPS) is 33.0. The van der Waals surface area contributed by atoms with Crippen LogP contribution in [-0.4, -0.2) is 6.29 Å². The summed E-state index contributed by atoms with van der Waals surface area (Å²) in [6.07, 6.45) is 3.00. The molecule has 1 rings (SSSR count). The standard InChI is InChI=1S/C10H16O/c1-8(2)5-10(7-11)6-9(10,3)4/h7H,1,5-6H2,2-4H3. The van der Waals surface area contributed by atoms with Gasteiger partial charge in [0.15, 0.2) is 0 Å². The smallest absolute Gasteiger partial charge is 0.127 e. The molecule has 0 aliphatic heterocycles. The Labute approximate surface area is 68.5 Å². The molecule has 0 aromatic rings. The molecule has 1 fully saturated rings. The van der Waals surface area contributed by atoms with Gasteiger partial charge in [-0.25, -0.2) is 0 Å². The van der Waals surface area contributed by atoms with Gasteiger partial charge in [0.05, 0.1) is 0 Å². The highest BCUT2D eigenvalue weighted by Gasteiger charge is 2.60. The third-order valence-electron chi connectivity index (χ3n) is 2.82. The number of hydrogen-bond acceptors (Lipinski definition) is 1. The van der Waals surface area contributed by atoms with Crippen molar-refractivity contribution in [1.82, 2.24) is 0 Å². The van der Waals surface area contributed by atoms with Gasteiger partial charge in [0.2, 0.25) is 0 Å². The Kier molecular flexibility index (Phi) is 1.70. The second kappa shape index (κ2) is 2.20. The van der Waals surface area contributed by atoms with E-state index in [1.807, 2.05) is 6.92 Å². The molecule has 0 bridgehead atoms. The first-order valence-corrected chi connectivity index (χ1v) is 4.04. The minimum atomic E-state index is -0.0706. The zero-order chi connectivity index (χ0) is 8.70. The zero-order valence-corrected chi connectivity index (χ0v) is 7.61. The Bertz CT molecular complexity index is 203. The Morgan fingerprint density at radius 3 is 2.18 bits per heavy atom. The molecular formula is C10H16O. The van der Waals surface area contributed by atoms with Crippen molar-refractivity contribution in [2.45, 2.75) is 33.6 Å². The number of aldehydes is 1. The van der Waals surface area contributed by atoms with Crippen LogP contribution in [0.3, 0.4) is 0 Å². The Hall–Kier alpha value is -0.590. The van der Waals surface area contributed by atoms with Gasteiger partial charge in [0.25, 0.3) is 0 Å². The van der Waals surface area contributed by atoms with Gasteiger partial charge in [-0.1, -0.05) is 19.4 Å². The van der Waals surface area contributed by atoms with Gasteiger partial charge in [0.1, 0.15) is 6.29 Å². The lowest BCUT2D eigenvalue weighted by atomic mass is 9.91. The first kappa shape index (κ1) is 8.51. The Morgan fingerprint density at radius 2 is 2.09 bits per heavy atom. The lowest BCUT2D eigenvalue weighted by Crippen LogP contribution is -2.10. The third kappa shape index (κ3) is 1.24. The summed E-state index contributed by atoms with van der Waals surface area (Å²) in [7, 11) is 0. The number of allylic oxidation sites excluding steroid dienone is 1. The molecule has 11 heavy (non-hydrogen) atoms. The predicted molar refractivity (Wildman–Crippen MR) is 46.3 cm³/mol. The largest absolute Gasteiger partial charge is 0.303 e. The van der Waals surface area contributed by atoms with Crippen LogP contribution in [0.1, 0.15) is 33.6 Å². The van der Waals surface area contributed by atoms with E-state index in [9.17, 15) is 4.79 Å². The molecule has 62 valence electrons. The summed E-state index contributed by atoms with van der Waals surface area (Å²) in [5, 5.41) is 0. The summed E-state index contributed by atoms with van der Waals surface area (Å²) >= 11 is 0. The average Bonchev–Trinajstić information content (AvgIpc) is 2.33. The third-order valence-corrected chi connectivity index (χ3v) is 2.82. The van der Waals surface area contributed by atoms with Crippen molar-refractivity contribution in [1.29, 1.82) is 0 Å². The molecule has 0 spiro atoms. The van der Waals surface area contributed by atoms with E-state index in [2.05, 4.69) is 20.4 Å². The van der Waals surface area contributed by atoms with Crippen molar-refractivity contribution in [2.75, 3.05) is 0 Å². The van der Waals surface area contributed by atoms with E-state index in [0.717, 1.165) is 24.7 Å². The van der Waals surface area contributed by atoms with E-state index in [0.29, 0.717) is 0 Å². The molecule has 1 unspecified atom stereocenters. The molecule has 1 heteroatoms. The first-order chi connectivity index (χ1) is 4.93. The molecule has 0 aromatic heterocycles. The summed E-state index contributed by atoms with van der Waals surface area (Å²) in [6.45, 7) is 10.1. The van der Waals surface area contributed by atoms with Crippen LogP contribution in [0.5, 0.6) is 0 Å². The molecule has 0 N–H and O–H groups in total. The molecule has 1 aliphatic rings. The molecule has 1 atom stereocenters. The van der Waals surface area contributed by atoms with Crippen LogP contribution in [0.2, 0.25) is 0 Å². The molecule has 0 amide bonds. The van der Waals surface area contributed by atoms with Crippen LogP contribution in [0.15, 0.2) is 12.2 Å². The summed E-state index contributed by atoms with van der Waals surface area (Å²) in [4.78, 5) is 10.8. The van der Waals surface area contributed by atoms with Gasteiger partial charge < -0.3 is 4.79 Å². The molecule has 1 aliphatic carbocycles. The number of carbonyl (C=O) groups is 1. The monoisotopic (exact) mass is 152 g/mol. The van der Waals surface area contributed by atoms with E-state index < -0.39 is 0 Å². The summed E-state index contributed by atoms with van der Waals surface area (Å²) in [6, 6.07) is 0. The van der Waals surface area contributed by atoms with Crippen LogP contribution in [0.25, 0.3) is 0 Å². The molecular weight excluding hydrogens is 136 g/mol. The quantitative estimate of drug-likeness (QED) is 0.448. The van der Waals surface area contributed by atoms with E-state index in [-0.39, 0.29) is 10.8 Å². The molecule has 0 aromatic carbocycles. The summed E-state index contributed by atoms with van der Waals surface area (Å²) in [5.41, 5.74) is 1.26. The first-order valence-electron chi connectivity index (χ1n) is 4.04. The van der Waals surface area contributed by atoms with Crippen molar-refractivity contribution in [3.8, 4) is 0 Å². The Morgan fingerprint density at radius 1 is 1.64 bits per heavy atom. The van der Waals surface area contributed by atoms with Gasteiger partial charge in [-0.3, -0.25) is 0 Å². The molecule has 0 heterocycles. The van der Waals surface area contributed by atoms with Gasteiger partial charge in [-0.15, -0.1) is 6.58 Å². The predicted octanol–water partition coefficient (Wildman–Crippen LogP) is 2.57. The molecule has 0 radical (unpaired) electrons. The van der Waals surface area contributed by atoms with Crippen molar-refractivity contribution >= 4 is 6.29 Å². The highest BCUT2D eigenvalue weighted by atomic mass is 16.1. The topological polar surface area (TPSA) is 17.1 Å². The molecule has 1 saturated carbocycles. The summed E-state index contributed by atoms with van der Waals surface area (Å²) in [5.74, 6) is 0. The van der Waals surface area contributed by atoms with Crippen molar-refractivity contribution < 1.29 is 4.79 Å².